The molecule has 0 amide bonds. The Morgan fingerprint density at radius 2 is 0.330 bits per heavy atom. The van der Waals surface area contributed by atoms with Crippen LogP contribution in [0.3, 0.4) is 0 Å². The summed E-state index contributed by atoms with van der Waals surface area (Å²) in [5.74, 6) is 2.39. The van der Waals surface area contributed by atoms with Crippen molar-refractivity contribution in [3.05, 3.63) is 438 Å². The fourth-order valence-electron chi connectivity index (χ4n) is 15.7. The molecule has 0 atom stereocenters. The maximum absolute atomic E-state index is 5.75. The lowest BCUT2D eigenvalue weighted by Gasteiger charge is -2.37. The van der Waals surface area contributed by atoms with Gasteiger partial charge in [0.15, 0.2) is 0 Å². The highest BCUT2D eigenvalue weighted by Crippen LogP contribution is 2.49. The molecule has 16 aromatic rings. The maximum atomic E-state index is 5.75. The molecule has 7 heteroatoms. The van der Waals surface area contributed by atoms with Crippen molar-refractivity contribution in [2.24, 2.45) is 0 Å². The van der Waals surface area contributed by atoms with E-state index < -0.39 is 5.41 Å². The van der Waals surface area contributed by atoms with Crippen molar-refractivity contribution in [1.29, 1.82) is 0 Å². The first kappa shape index (κ1) is 72.3. The molecule has 0 aliphatic heterocycles. The molecule has 0 spiro atoms. The molecule has 546 valence electrons. The smallest absolute Gasteiger partial charge is 0.120 e. The number of ether oxygens (including phenoxy) is 3. The summed E-state index contributed by atoms with van der Waals surface area (Å²) in [4.78, 5) is 9.22. The summed E-state index contributed by atoms with van der Waals surface area (Å²) in [6.45, 7) is 10.7. The van der Waals surface area contributed by atoms with Gasteiger partial charge in [-0.15, -0.1) is 0 Å². The van der Waals surface area contributed by atoms with E-state index in [1.165, 1.54) is 27.8 Å². The molecule has 0 fully saturated rings. The Balaban J connectivity index is 0.823. The highest BCUT2D eigenvalue weighted by Gasteiger charge is 2.39. The van der Waals surface area contributed by atoms with E-state index in [0.717, 1.165) is 152 Å². The van der Waals surface area contributed by atoms with Crippen molar-refractivity contribution in [3.8, 4) is 61.8 Å². The largest absolute Gasteiger partial charge is 0.497 e. The van der Waals surface area contributed by atoms with E-state index in [2.05, 4.69) is 406 Å². The van der Waals surface area contributed by atoms with Gasteiger partial charge in [-0.25, -0.2) is 0 Å². The van der Waals surface area contributed by atoms with Gasteiger partial charge in [-0.2, -0.15) is 0 Å². The first-order chi connectivity index (χ1) is 54.8. The normalized spacial score (nSPS) is 11.2. The molecular formula is C105H88N4O3. The van der Waals surface area contributed by atoms with Crippen LogP contribution in [0.25, 0.3) is 44.5 Å². The molecule has 0 N–H and O–H groups in total. The van der Waals surface area contributed by atoms with Crippen molar-refractivity contribution >= 4 is 68.2 Å². The molecule has 0 bridgehead atoms. The Morgan fingerprint density at radius 3 is 0.500 bits per heavy atom. The summed E-state index contributed by atoms with van der Waals surface area (Å²) in [5, 5.41) is 0. The summed E-state index contributed by atoms with van der Waals surface area (Å²) in [7, 11) is 5.15. The van der Waals surface area contributed by atoms with Gasteiger partial charge < -0.3 is 33.8 Å². The third-order valence-electron chi connectivity index (χ3n) is 21.3. The molecule has 0 unspecified atom stereocenters. The molecule has 0 aliphatic carbocycles. The van der Waals surface area contributed by atoms with E-state index in [1.807, 2.05) is 36.4 Å². The number of hydrogen-bond donors (Lipinski definition) is 0. The van der Waals surface area contributed by atoms with Gasteiger partial charge in [-0.05, 0) is 275 Å². The van der Waals surface area contributed by atoms with Gasteiger partial charge >= 0.3 is 0 Å². The fourth-order valence-corrected chi connectivity index (χ4v) is 15.7. The zero-order chi connectivity index (χ0) is 76.7. The van der Waals surface area contributed by atoms with Gasteiger partial charge in [0.1, 0.15) is 17.2 Å². The van der Waals surface area contributed by atoms with E-state index in [-0.39, 0.29) is 0 Å². The highest BCUT2D eigenvalue weighted by atomic mass is 16.5. The molecule has 0 radical (unpaired) electrons. The van der Waals surface area contributed by atoms with E-state index >= 15 is 0 Å². The van der Waals surface area contributed by atoms with Gasteiger partial charge in [0, 0.05) is 86.4 Å². The molecule has 112 heavy (non-hydrogen) atoms. The quantitative estimate of drug-likeness (QED) is 0.0591. The van der Waals surface area contributed by atoms with Crippen LogP contribution < -0.4 is 33.8 Å². The molecular weight excluding hydrogens is 1370 g/mol. The summed E-state index contributed by atoms with van der Waals surface area (Å²) < 4.78 is 17.3. The predicted octanol–water partition coefficient (Wildman–Crippen LogP) is 28.2. The molecule has 0 aromatic heterocycles. The molecule has 7 nitrogen and oxygen atoms in total. The zero-order valence-electron chi connectivity index (χ0n) is 64.5. The Bertz CT molecular complexity index is 5450. The van der Waals surface area contributed by atoms with Crippen molar-refractivity contribution in [3.63, 3.8) is 0 Å². The van der Waals surface area contributed by atoms with Gasteiger partial charge in [-0.1, -0.05) is 224 Å². The minimum absolute atomic E-state index is 0.798. The van der Waals surface area contributed by atoms with E-state index in [9.17, 15) is 0 Å². The predicted molar refractivity (Wildman–Crippen MR) is 469 cm³/mol. The molecule has 16 aromatic carbocycles. The summed E-state index contributed by atoms with van der Waals surface area (Å²) >= 11 is 0. The first-order valence-corrected chi connectivity index (χ1v) is 38.2. The van der Waals surface area contributed by atoms with Gasteiger partial charge in [0.25, 0.3) is 0 Å². The number of hydrogen-bond acceptors (Lipinski definition) is 7. The van der Waals surface area contributed by atoms with Crippen molar-refractivity contribution in [2.45, 2.75) is 40.0 Å². The third-order valence-corrected chi connectivity index (χ3v) is 21.3. The molecule has 0 saturated heterocycles. The Morgan fingerprint density at radius 1 is 0.170 bits per heavy atom. The SMILES string of the molecule is COc1cccc(N(c2ccc(-c3ccc(C(c4ccc(-c5ccc(N(c6cccc(C)c6)c6cccc(C)c6)cc5)cc4)(c4ccc(-c5ccc(N(c6cccc(C)c6)c6cccc(OC)c6)cc5)cc4)c4ccc(-c5ccc(N(c6cccc(C)c6)c6cccc(OC)c6)cc5)cc4)cc3)cc2)c2cccc(C)c2)c1. The zero-order valence-corrected chi connectivity index (χ0v) is 64.5. The van der Waals surface area contributed by atoms with Gasteiger partial charge in [-0.3, -0.25) is 0 Å². The van der Waals surface area contributed by atoms with Crippen LogP contribution in [0.15, 0.2) is 388 Å². The van der Waals surface area contributed by atoms with Crippen LogP contribution in [0.1, 0.15) is 50.1 Å². The van der Waals surface area contributed by atoms with Crippen LogP contribution >= 0.6 is 0 Å². The average Bonchev–Trinajstić information content (AvgIpc) is 0.726. The minimum Gasteiger partial charge on any atom is -0.497 e. The topological polar surface area (TPSA) is 40.7 Å². The average molecular weight is 1450 g/mol. The molecule has 16 rings (SSSR count). The lowest BCUT2D eigenvalue weighted by Crippen LogP contribution is -2.31. The second-order valence-corrected chi connectivity index (χ2v) is 28.9. The minimum atomic E-state index is -0.848. The number of aryl methyl sites for hydroxylation is 5. The highest BCUT2D eigenvalue weighted by molar-refractivity contribution is 5.85. The van der Waals surface area contributed by atoms with E-state index in [1.54, 1.807) is 21.3 Å². The lowest BCUT2D eigenvalue weighted by molar-refractivity contribution is 0.415. The number of benzene rings is 16. The summed E-state index contributed by atoms with van der Waals surface area (Å²) in [6, 6.07) is 141. The fraction of sp³-hybridized carbons (Fsp3) is 0.0857. The summed E-state index contributed by atoms with van der Waals surface area (Å²) in [5.41, 5.74) is 31.1. The monoisotopic (exact) mass is 1450 g/mol. The number of anilines is 12. The molecule has 0 saturated carbocycles. The van der Waals surface area contributed by atoms with Crippen molar-refractivity contribution < 1.29 is 14.2 Å². The number of nitrogens with zero attached hydrogens (tertiary/aromatic N) is 4. The second kappa shape index (κ2) is 32.1. The lowest BCUT2D eigenvalue weighted by atomic mass is 9.64. The summed E-state index contributed by atoms with van der Waals surface area (Å²) in [6.07, 6.45) is 0. The van der Waals surface area contributed by atoms with E-state index in [4.69, 9.17) is 14.2 Å². The van der Waals surface area contributed by atoms with Crippen molar-refractivity contribution in [2.75, 3.05) is 40.9 Å². The molecule has 0 heterocycles. The maximum Gasteiger partial charge on any atom is 0.120 e. The van der Waals surface area contributed by atoms with E-state index in [0.29, 0.717) is 0 Å². The number of methoxy groups -OCH3 is 3. The molecule has 0 aliphatic rings. The third kappa shape index (κ3) is 15.1. The Kier molecular flexibility index (Phi) is 20.7. The van der Waals surface area contributed by atoms with Crippen LogP contribution in [-0.2, 0) is 5.41 Å². The number of rotatable bonds is 23. The van der Waals surface area contributed by atoms with Crippen LogP contribution in [0.4, 0.5) is 68.2 Å². The second-order valence-electron chi connectivity index (χ2n) is 28.9. The van der Waals surface area contributed by atoms with Crippen molar-refractivity contribution in [1.82, 2.24) is 0 Å². The van der Waals surface area contributed by atoms with Crippen LogP contribution in [0.2, 0.25) is 0 Å². The van der Waals surface area contributed by atoms with Crippen LogP contribution in [0, 0.1) is 34.6 Å². The van der Waals surface area contributed by atoms with Gasteiger partial charge in [0.05, 0.1) is 26.7 Å². The Hall–Kier alpha value is -13.9. The first-order valence-electron chi connectivity index (χ1n) is 38.2. The Labute approximate surface area is 659 Å². The van der Waals surface area contributed by atoms with Gasteiger partial charge in [0.2, 0.25) is 0 Å². The van der Waals surface area contributed by atoms with Crippen LogP contribution in [-0.4, -0.2) is 21.3 Å². The standard InChI is InChI=1S/C105H88N4O3/c1-73-17-9-22-94(65-73)106(95-23-10-18-74(2)66-95)90-57-41-82(42-58-90)78-33-49-86(50-34-78)105(87-51-35-79(36-52-87)83-43-59-91(60-44-83)107(96-24-11-19-75(3)67-96)99-27-14-30-102(70-99)110-6,88-53-37-80(38-54-88)84-45-61-92(62-46-84)108(97-25-12-20-76(4)68-97)100-28-15-31-103(71-100)111-7)89-55-39-81(40-56-89)85-47-63-93(64-48-85)109(98-26-13-21-77(5)69-98)101-29-16-32-104(72-101)112-8/h9-72H,1-8H3. The van der Waals surface area contributed by atoms with Crippen LogP contribution in [0.5, 0.6) is 17.2 Å².